The molecular weight excluding hydrogens is 380 g/mol. The molecule has 0 aliphatic carbocycles. The molecular formula is C20H22N2O5S. The van der Waals surface area contributed by atoms with Crippen LogP contribution < -0.4 is 0 Å². The van der Waals surface area contributed by atoms with Crippen molar-refractivity contribution in [1.82, 2.24) is 9.80 Å². The molecule has 0 spiro atoms. The van der Waals surface area contributed by atoms with Gasteiger partial charge in [0.2, 0.25) is 5.91 Å². The highest BCUT2D eigenvalue weighted by atomic mass is 32.2. The van der Waals surface area contributed by atoms with Gasteiger partial charge in [-0.3, -0.25) is 24.1 Å². The highest BCUT2D eigenvalue weighted by Gasteiger charge is 2.61. The molecule has 1 aromatic carbocycles. The van der Waals surface area contributed by atoms with E-state index in [1.54, 1.807) is 56.9 Å². The van der Waals surface area contributed by atoms with E-state index in [-0.39, 0.29) is 23.8 Å². The van der Waals surface area contributed by atoms with Gasteiger partial charge in [0.15, 0.2) is 0 Å². The topological polar surface area (TPSA) is 84.0 Å². The first-order valence-electron chi connectivity index (χ1n) is 9.16. The van der Waals surface area contributed by atoms with Crippen molar-refractivity contribution in [3.63, 3.8) is 0 Å². The molecule has 3 aliphatic rings. The monoisotopic (exact) mass is 402 g/mol. The van der Waals surface area contributed by atoms with Crippen LogP contribution in [0, 0.1) is 5.41 Å². The van der Waals surface area contributed by atoms with E-state index in [1.165, 1.54) is 11.8 Å². The van der Waals surface area contributed by atoms with Crippen LogP contribution in [0.15, 0.2) is 24.3 Å². The summed E-state index contributed by atoms with van der Waals surface area (Å²) in [5, 5.41) is -0.328. The van der Waals surface area contributed by atoms with E-state index in [4.69, 9.17) is 4.74 Å². The second-order valence-electron chi connectivity index (χ2n) is 8.70. The number of hydrogen-bond acceptors (Lipinski definition) is 6. The molecule has 2 unspecified atom stereocenters. The maximum Gasteiger partial charge on any atom is 0.314 e. The Morgan fingerprint density at radius 1 is 1.14 bits per heavy atom. The van der Waals surface area contributed by atoms with Crippen molar-refractivity contribution in [2.75, 3.05) is 12.3 Å². The zero-order chi connectivity index (χ0) is 20.4. The fourth-order valence-electron chi connectivity index (χ4n) is 3.77. The third-order valence-corrected chi connectivity index (χ3v) is 6.86. The molecule has 1 aromatic rings. The molecule has 0 saturated carbocycles. The molecule has 2 fully saturated rings. The van der Waals surface area contributed by atoms with Crippen LogP contribution in [0.3, 0.4) is 0 Å². The lowest BCUT2D eigenvalue weighted by molar-refractivity contribution is -0.171. The molecule has 0 radical (unpaired) electrons. The molecule has 148 valence electrons. The van der Waals surface area contributed by atoms with E-state index < -0.39 is 28.9 Å². The molecule has 28 heavy (non-hydrogen) atoms. The van der Waals surface area contributed by atoms with Gasteiger partial charge < -0.3 is 9.64 Å². The van der Waals surface area contributed by atoms with Crippen LogP contribution in [-0.4, -0.2) is 62.8 Å². The quantitative estimate of drug-likeness (QED) is 0.427. The van der Waals surface area contributed by atoms with Crippen LogP contribution in [0.4, 0.5) is 0 Å². The number of ether oxygens (including phenoxy) is 1. The number of imide groups is 1. The Kier molecular flexibility index (Phi) is 4.12. The van der Waals surface area contributed by atoms with Crippen LogP contribution in [0.25, 0.3) is 0 Å². The fourth-order valence-corrected chi connectivity index (χ4v) is 5.30. The van der Waals surface area contributed by atoms with Crippen LogP contribution >= 0.6 is 11.8 Å². The summed E-state index contributed by atoms with van der Waals surface area (Å²) in [7, 11) is 0. The van der Waals surface area contributed by atoms with Crippen molar-refractivity contribution >= 4 is 35.5 Å². The Hall–Kier alpha value is -2.35. The van der Waals surface area contributed by atoms with Crippen molar-refractivity contribution in [3.05, 3.63) is 35.4 Å². The van der Waals surface area contributed by atoms with Gasteiger partial charge in [-0.25, -0.2) is 0 Å². The number of hydrogen-bond donors (Lipinski definition) is 0. The molecule has 4 rings (SSSR count). The summed E-state index contributed by atoms with van der Waals surface area (Å²) in [6.07, 6.45) is 0. The summed E-state index contributed by atoms with van der Waals surface area (Å²) < 4.78 is 5.52. The summed E-state index contributed by atoms with van der Waals surface area (Å²) in [6, 6.07) is 5.78. The van der Waals surface area contributed by atoms with E-state index in [0.717, 1.165) is 4.90 Å². The Morgan fingerprint density at radius 2 is 1.71 bits per heavy atom. The lowest BCUT2D eigenvalue weighted by atomic mass is 9.89. The van der Waals surface area contributed by atoms with Gasteiger partial charge in [-0.15, -0.1) is 11.8 Å². The molecule has 3 atom stereocenters. The lowest BCUT2D eigenvalue weighted by Crippen LogP contribution is -2.74. The Labute approximate surface area is 167 Å². The number of esters is 1. The van der Waals surface area contributed by atoms with Crippen LogP contribution in [0.5, 0.6) is 0 Å². The largest absolute Gasteiger partial charge is 0.459 e. The zero-order valence-corrected chi connectivity index (χ0v) is 17.0. The van der Waals surface area contributed by atoms with E-state index >= 15 is 0 Å². The number of carbonyl (C=O) groups excluding carboxylic acids is 4. The van der Waals surface area contributed by atoms with Crippen molar-refractivity contribution in [1.29, 1.82) is 0 Å². The highest BCUT2D eigenvalue weighted by molar-refractivity contribution is 8.00. The summed E-state index contributed by atoms with van der Waals surface area (Å²) in [6.45, 7) is 7.42. The van der Waals surface area contributed by atoms with E-state index in [9.17, 15) is 19.2 Å². The van der Waals surface area contributed by atoms with E-state index in [0.29, 0.717) is 16.9 Å². The molecule has 3 heterocycles. The molecule has 0 bridgehead atoms. The fraction of sp³-hybridized carbons (Fsp3) is 0.500. The third kappa shape index (κ3) is 2.73. The predicted molar refractivity (Wildman–Crippen MR) is 103 cm³/mol. The number of fused-ring (bicyclic) bond motifs is 2. The van der Waals surface area contributed by atoms with Crippen LogP contribution in [-0.2, 0) is 14.3 Å². The number of rotatable bonds is 2. The number of amides is 3. The number of β-lactam (4-membered cyclic amide) rings is 1. The van der Waals surface area contributed by atoms with Crippen molar-refractivity contribution in [2.45, 2.75) is 44.7 Å². The second kappa shape index (κ2) is 6.07. The minimum atomic E-state index is -0.822. The van der Waals surface area contributed by atoms with Crippen molar-refractivity contribution < 1.29 is 23.9 Å². The van der Waals surface area contributed by atoms with Crippen LogP contribution in [0.2, 0.25) is 0 Å². The van der Waals surface area contributed by atoms with Gasteiger partial charge in [0.05, 0.1) is 16.5 Å². The number of nitrogens with zero attached hydrogens (tertiary/aromatic N) is 2. The molecule has 2 saturated heterocycles. The third-order valence-electron chi connectivity index (χ3n) is 5.20. The van der Waals surface area contributed by atoms with Gasteiger partial charge in [-0.1, -0.05) is 12.1 Å². The van der Waals surface area contributed by atoms with Gasteiger partial charge in [-0.05, 0) is 39.8 Å². The first kappa shape index (κ1) is 19.0. The molecule has 3 aliphatic heterocycles. The Morgan fingerprint density at radius 3 is 2.25 bits per heavy atom. The average Bonchev–Trinajstić information content (AvgIpc) is 2.86. The minimum absolute atomic E-state index is 0.220. The minimum Gasteiger partial charge on any atom is -0.459 e. The number of thioether (sulfide) groups is 1. The molecule has 0 N–H and O–H groups in total. The summed E-state index contributed by atoms with van der Waals surface area (Å²) in [5.41, 5.74) is -0.767. The SMILES string of the molecule is CC(C)(C)OC(=O)C1(C)CS[C@@H]2C(N3C(=O)c4ccccc4C3=O)C(=O)N2C1. The zero-order valence-electron chi connectivity index (χ0n) is 16.2. The molecule has 7 nitrogen and oxygen atoms in total. The van der Waals surface area contributed by atoms with E-state index in [1.807, 2.05) is 0 Å². The van der Waals surface area contributed by atoms with Gasteiger partial charge in [0.25, 0.3) is 11.8 Å². The number of carbonyl (C=O) groups is 4. The van der Waals surface area contributed by atoms with Gasteiger partial charge >= 0.3 is 5.97 Å². The van der Waals surface area contributed by atoms with Gasteiger partial charge in [-0.2, -0.15) is 0 Å². The standard InChI is InChI=1S/C20H22N2O5S/c1-19(2,3)27-18(26)20(4)9-21-16(25)13(17(21)28-10-20)22-14(23)11-7-5-6-8-12(11)15(22)24/h5-8,13,17H,9-10H2,1-4H3/t13?,17-,20?/m1/s1. The first-order valence-corrected chi connectivity index (χ1v) is 10.2. The summed E-state index contributed by atoms with van der Waals surface area (Å²) in [4.78, 5) is 53.5. The average molecular weight is 402 g/mol. The Balaban J connectivity index is 1.52. The Bertz CT molecular complexity index is 873. The maximum absolute atomic E-state index is 12.8. The molecule has 3 amide bonds. The van der Waals surface area contributed by atoms with Crippen molar-refractivity contribution in [2.24, 2.45) is 5.41 Å². The maximum atomic E-state index is 12.8. The first-order chi connectivity index (χ1) is 13.0. The van der Waals surface area contributed by atoms with E-state index in [2.05, 4.69) is 0 Å². The highest BCUT2D eigenvalue weighted by Crippen LogP contribution is 2.45. The molecule has 8 heteroatoms. The summed E-state index contributed by atoms with van der Waals surface area (Å²) >= 11 is 1.41. The molecule has 0 aromatic heterocycles. The lowest BCUT2D eigenvalue weighted by Gasteiger charge is -2.55. The number of benzene rings is 1. The van der Waals surface area contributed by atoms with Crippen LogP contribution in [0.1, 0.15) is 48.4 Å². The van der Waals surface area contributed by atoms with Crippen molar-refractivity contribution in [3.8, 4) is 0 Å². The van der Waals surface area contributed by atoms with Gasteiger partial charge in [0.1, 0.15) is 17.0 Å². The normalized spacial score (nSPS) is 29.4. The second-order valence-corrected chi connectivity index (χ2v) is 9.81. The summed E-state index contributed by atoms with van der Waals surface area (Å²) in [5.74, 6) is -1.06. The van der Waals surface area contributed by atoms with Gasteiger partial charge in [0, 0.05) is 12.3 Å². The predicted octanol–water partition coefficient (Wildman–Crippen LogP) is 1.91. The smallest absolute Gasteiger partial charge is 0.314 e.